The Kier molecular flexibility index (Phi) is 5.12. The van der Waals surface area contributed by atoms with Gasteiger partial charge in [0.2, 0.25) is 5.69 Å². The largest absolute Gasteiger partial charge is 0.222 e. The number of benzene rings is 4. The number of aryl methyl sites for hydroxylation is 2. The van der Waals surface area contributed by atoms with E-state index in [-0.39, 0.29) is 10.8 Å². The molecule has 0 saturated carbocycles. The molecule has 0 atom stereocenters. The SMILES string of the molecule is Cc1c2c(c(C(C)(C)C)c3ccccc13)Sc1cc3c(CC(C)(C)C)cccc3c3cc[n+](C)c-2c13. The highest BCUT2D eigenvalue weighted by molar-refractivity contribution is 8.00. The molecule has 0 spiro atoms. The summed E-state index contributed by atoms with van der Waals surface area (Å²) in [7, 11) is 2.21. The number of hydrogen-bond acceptors (Lipinski definition) is 1. The fourth-order valence-electron chi connectivity index (χ4n) is 6.27. The summed E-state index contributed by atoms with van der Waals surface area (Å²) in [6.07, 6.45) is 3.34. The monoisotopic (exact) mass is 490 g/mol. The Morgan fingerprint density at radius 3 is 2.17 bits per heavy atom. The van der Waals surface area contributed by atoms with E-state index in [1.165, 1.54) is 70.1 Å². The Bertz CT molecular complexity index is 1710. The van der Waals surface area contributed by atoms with Gasteiger partial charge >= 0.3 is 0 Å². The van der Waals surface area contributed by atoms with Crippen LogP contribution in [0.25, 0.3) is 43.6 Å². The smallest absolute Gasteiger partial charge is 0.200 e. The van der Waals surface area contributed by atoms with E-state index in [9.17, 15) is 0 Å². The van der Waals surface area contributed by atoms with E-state index in [4.69, 9.17) is 0 Å². The maximum atomic E-state index is 2.49. The van der Waals surface area contributed by atoms with Gasteiger partial charge in [0.15, 0.2) is 6.20 Å². The molecule has 5 aromatic rings. The van der Waals surface area contributed by atoms with E-state index in [2.05, 4.69) is 121 Å². The summed E-state index contributed by atoms with van der Waals surface area (Å²) >= 11 is 1.99. The van der Waals surface area contributed by atoms with Crippen molar-refractivity contribution in [3.8, 4) is 11.3 Å². The number of nitrogens with zero attached hydrogens (tertiary/aromatic N) is 1. The summed E-state index contributed by atoms with van der Waals surface area (Å²) in [5.41, 5.74) is 7.34. The molecule has 2 heteroatoms. The molecule has 1 aliphatic heterocycles. The normalized spacial score (nSPS) is 13.6. The maximum Gasteiger partial charge on any atom is 0.222 e. The lowest BCUT2D eigenvalue weighted by molar-refractivity contribution is -0.659. The zero-order chi connectivity index (χ0) is 25.6. The first-order valence-electron chi connectivity index (χ1n) is 13.1. The Labute approximate surface area is 219 Å². The van der Waals surface area contributed by atoms with Crippen LogP contribution < -0.4 is 4.57 Å². The molecule has 0 unspecified atom stereocenters. The molecule has 182 valence electrons. The third-order valence-electron chi connectivity index (χ3n) is 7.68. The molecule has 1 aromatic heterocycles. The minimum absolute atomic E-state index is 0.0304. The van der Waals surface area contributed by atoms with Gasteiger partial charge in [-0.1, -0.05) is 95.8 Å². The molecule has 0 amide bonds. The van der Waals surface area contributed by atoms with Crippen molar-refractivity contribution < 1.29 is 4.57 Å². The van der Waals surface area contributed by atoms with Gasteiger partial charge < -0.3 is 0 Å². The van der Waals surface area contributed by atoms with Gasteiger partial charge in [-0.2, -0.15) is 0 Å². The number of hydrogen-bond donors (Lipinski definition) is 0. The topological polar surface area (TPSA) is 3.88 Å². The van der Waals surface area contributed by atoms with Crippen molar-refractivity contribution in [2.24, 2.45) is 12.5 Å². The van der Waals surface area contributed by atoms with Crippen molar-refractivity contribution in [3.63, 3.8) is 0 Å². The average Bonchev–Trinajstić information content (AvgIpc) is 2.79. The summed E-state index contributed by atoms with van der Waals surface area (Å²) in [4.78, 5) is 2.82. The molecule has 0 aliphatic carbocycles. The van der Waals surface area contributed by atoms with Crippen LogP contribution in [0.5, 0.6) is 0 Å². The zero-order valence-corrected chi connectivity index (χ0v) is 23.7. The highest BCUT2D eigenvalue weighted by Crippen LogP contribution is 2.54. The van der Waals surface area contributed by atoms with Crippen molar-refractivity contribution >= 4 is 44.1 Å². The van der Waals surface area contributed by atoms with Crippen LogP contribution in [0.1, 0.15) is 58.2 Å². The Morgan fingerprint density at radius 1 is 0.778 bits per heavy atom. The Morgan fingerprint density at radius 2 is 1.47 bits per heavy atom. The van der Waals surface area contributed by atoms with Crippen molar-refractivity contribution in [3.05, 3.63) is 77.5 Å². The quantitative estimate of drug-likeness (QED) is 0.164. The van der Waals surface area contributed by atoms with Crippen LogP contribution in [-0.4, -0.2) is 0 Å². The second kappa shape index (κ2) is 7.83. The van der Waals surface area contributed by atoms with Crippen LogP contribution in [-0.2, 0) is 18.9 Å². The second-order valence-electron chi connectivity index (χ2n) is 12.8. The maximum absolute atomic E-state index is 2.49. The van der Waals surface area contributed by atoms with E-state index < -0.39 is 0 Å². The number of fused-ring (bicyclic) bond motifs is 5. The fraction of sp³-hybridized carbons (Fsp3) is 0.324. The third-order valence-corrected chi connectivity index (χ3v) is 8.84. The number of pyridine rings is 1. The molecular formula is C34H36NS+. The van der Waals surface area contributed by atoms with Crippen LogP contribution >= 0.6 is 11.8 Å². The van der Waals surface area contributed by atoms with Gasteiger partial charge in [-0.3, -0.25) is 0 Å². The molecule has 6 rings (SSSR count). The molecule has 36 heavy (non-hydrogen) atoms. The summed E-state index contributed by atoms with van der Waals surface area (Å²) < 4.78 is 2.35. The van der Waals surface area contributed by atoms with Crippen LogP contribution in [0, 0.1) is 12.3 Å². The molecule has 0 N–H and O–H groups in total. The van der Waals surface area contributed by atoms with E-state index in [0.717, 1.165) is 6.42 Å². The standard InChI is InChI=1S/C34H36NS/c1-20-22-13-9-10-14-25(22)30(34(5,6)7)32-28(20)31-29-24(16-17-35(31)8)23-15-11-12-21(19-33(2,3)4)26(23)18-27(29)36-32/h9-18H,19H2,1-8H3/q+1. The minimum atomic E-state index is 0.0304. The van der Waals surface area contributed by atoms with Gasteiger partial charge in [0, 0.05) is 21.2 Å². The van der Waals surface area contributed by atoms with Gasteiger partial charge in [0.05, 0.1) is 10.9 Å². The summed E-state index contributed by atoms with van der Waals surface area (Å²) in [5, 5.41) is 8.30. The van der Waals surface area contributed by atoms with Crippen LogP contribution in [0.2, 0.25) is 0 Å². The summed E-state index contributed by atoms with van der Waals surface area (Å²) in [5.74, 6) is 0. The van der Waals surface area contributed by atoms with E-state index >= 15 is 0 Å². The molecule has 0 saturated heterocycles. The molecule has 1 aliphatic rings. The van der Waals surface area contributed by atoms with Crippen LogP contribution in [0.4, 0.5) is 0 Å². The third kappa shape index (κ3) is 3.49. The van der Waals surface area contributed by atoms with Gasteiger partial charge in [-0.05, 0) is 68.5 Å². The lowest BCUT2D eigenvalue weighted by Gasteiger charge is -2.30. The lowest BCUT2D eigenvalue weighted by Crippen LogP contribution is -2.32. The predicted molar refractivity (Wildman–Crippen MR) is 156 cm³/mol. The highest BCUT2D eigenvalue weighted by Gasteiger charge is 2.35. The van der Waals surface area contributed by atoms with Crippen LogP contribution in [0.3, 0.4) is 0 Å². The number of aromatic nitrogens is 1. The first kappa shape index (κ1) is 23.6. The van der Waals surface area contributed by atoms with Gasteiger partial charge in [0.1, 0.15) is 7.05 Å². The molecule has 0 bridgehead atoms. The first-order chi connectivity index (χ1) is 17.0. The van der Waals surface area contributed by atoms with E-state index in [1.54, 1.807) is 0 Å². The lowest BCUT2D eigenvalue weighted by atomic mass is 9.80. The highest BCUT2D eigenvalue weighted by atomic mass is 32.2. The predicted octanol–water partition coefficient (Wildman–Crippen LogP) is 9.30. The fourth-order valence-corrected chi connectivity index (χ4v) is 7.85. The zero-order valence-electron chi connectivity index (χ0n) is 22.8. The van der Waals surface area contributed by atoms with Gasteiger partial charge in [-0.15, -0.1) is 0 Å². The van der Waals surface area contributed by atoms with Crippen molar-refractivity contribution in [2.75, 3.05) is 0 Å². The Balaban J connectivity index is 1.80. The molecule has 4 aromatic carbocycles. The molecular weight excluding hydrogens is 454 g/mol. The number of rotatable bonds is 1. The van der Waals surface area contributed by atoms with Crippen LogP contribution in [0.15, 0.2) is 70.6 Å². The second-order valence-corrected chi connectivity index (χ2v) is 13.8. The average molecular weight is 491 g/mol. The van der Waals surface area contributed by atoms with Crippen molar-refractivity contribution in [1.82, 2.24) is 0 Å². The summed E-state index contributed by atoms with van der Waals surface area (Å²) in [6.45, 7) is 16.4. The molecule has 0 radical (unpaired) electrons. The first-order valence-corrected chi connectivity index (χ1v) is 13.9. The van der Waals surface area contributed by atoms with E-state index in [1.807, 2.05) is 11.8 Å². The van der Waals surface area contributed by atoms with E-state index in [0.29, 0.717) is 0 Å². The molecule has 2 heterocycles. The Hall–Kier alpha value is -2.84. The minimum Gasteiger partial charge on any atom is -0.200 e. The van der Waals surface area contributed by atoms with Gasteiger partial charge in [-0.25, -0.2) is 4.57 Å². The van der Waals surface area contributed by atoms with Gasteiger partial charge in [0.25, 0.3) is 0 Å². The summed E-state index contributed by atoms with van der Waals surface area (Å²) in [6, 6.07) is 20.7. The van der Waals surface area contributed by atoms with Crippen molar-refractivity contribution in [2.45, 2.75) is 70.1 Å². The molecule has 0 fully saturated rings. The molecule has 1 nitrogen and oxygen atoms in total. The van der Waals surface area contributed by atoms with Crippen molar-refractivity contribution in [1.29, 1.82) is 0 Å².